The van der Waals surface area contributed by atoms with E-state index in [1.54, 1.807) is 13.8 Å². The molecule has 6 nitrogen and oxygen atoms in total. The number of hydrogen-bond acceptors (Lipinski definition) is 5. The maximum Gasteiger partial charge on any atom is 0.240 e. The average molecular weight is 236 g/mol. The van der Waals surface area contributed by atoms with Gasteiger partial charge in [-0.3, -0.25) is 4.79 Å². The van der Waals surface area contributed by atoms with Crippen LogP contribution in [0.4, 0.5) is 0 Å². The summed E-state index contributed by atoms with van der Waals surface area (Å²) >= 11 is 0. The summed E-state index contributed by atoms with van der Waals surface area (Å²) < 4.78 is 4.81. The van der Waals surface area contributed by atoms with Crippen LogP contribution in [0.15, 0.2) is 4.52 Å². The van der Waals surface area contributed by atoms with Crippen molar-refractivity contribution in [3.05, 3.63) is 11.7 Å². The van der Waals surface area contributed by atoms with Gasteiger partial charge in [0.15, 0.2) is 5.82 Å². The van der Waals surface area contributed by atoms with Gasteiger partial charge in [-0.05, 0) is 13.3 Å². The molecular formula is C11H16N4O2. The van der Waals surface area contributed by atoms with Crippen LogP contribution in [0.3, 0.4) is 0 Å². The minimum absolute atomic E-state index is 0.261. The lowest BCUT2D eigenvalue weighted by atomic mass is 9.88. The molecule has 1 N–H and O–H groups in total. The summed E-state index contributed by atoms with van der Waals surface area (Å²) in [5.74, 6) is 0.794. The molecule has 0 aliphatic rings. The fourth-order valence-corrected chi connectivity index (χ4v) is 1.22. The van der Waals surface area contributed by atoms with Crippen LogP contribution in [0.5, 0.6) is 0 Å². The Morgan fingerprint density at radius 2 is 2.35 bits per heavy atom. The molecule has 0 bridgehead atoms. The highest BCUT2D eigenvalue weighted by molar-refractivity contribution is 5.84. The third-order valence-corrected chi connectivity index (χ3v) is 2.66. The van der Waals surface area contributed by atoms with Crippen LogP contribution in [-0.4, -0.2) is 22.6 Å². The molecule has 1 atom stereocenters. The van der Waals surface area contributed by atoms with E-state index in [0.29, 0.717) is 31.1 Å². The average Bonchev–Trinajstić information content (AvgIpc) is 2.74. The van der Waals surface area contributed by atoms with E-state index in [0.717, 1.165) is 0 Å². The number of rotatable bonds is 5. The number of aromatic nitrogens is 2. The van der Waals surface area contributed by atoms with E-state index >= 15 is 0 Å². The van der Waals surface area contributed by atoms with Crippen LogP contribution in [-0.2, 0) is 11.2 Å². The molecule has 1 unspecified atom stereocenters. The van der Waals surface area contributed by atoms with Gasteiger partial charge in [0, 0.05) is 19.9 Å². The largest absolute Gasteiger partial charge is 0.354 e. The van der Waals surface area contributed by atoms with Crippen LogP contribution in [0, 0.1) is 23.7 Å². The first-order valence-electron chi connectivity index (χ1n) is 5.50. The molecule has 1 aromatic heterocycles. The van der Waals surface area contributed by atoms with Crippen molar-refractivity contribution in [2.45, 2.75) is 33.6 Å². The molecule has 92 valence electrons. The lowest BCUT2D eigenvalue weighted by Crippen LogP contribution is -2.38. The minimum Gasteiger partial charge on any atom is -0.354 e. The fourth-order valence-electron chi connectivity index (χ4n) is 1.22. The van der Waals surface area contributed by atoms with E-state index < -0.39 is 5.41 Å². The zero-order valence-electron chi connectivity index (χ0n) is 10.3. The summed E-state index contributed by atoms with van der Waals surface area (Å²) in [6, 6.07) is 2.02. The Morgan fingerprint density at radius 3 is 2.82 bits per heavy atom. The Bertz CT molecular complexity index is 435. The molecule has 0 spiro atoms. The zero-order chi connectivity index (χ0) is 12.9. The van der Waals surface area contributed by atoms with Crippen molar-refractivity contribution in [2.24, 2.45) is 5.41 Å². The second kappa shape index (κ2) is 5.43. The highest BCUT2D eigenvalue weighted by Gasteiger charge is 2.30. The van der Waals surface area contributed by atoms with Crippen molar-refractivity contribution < 1.29 is 9.32 Å². The van der Waals surface area contributed by atoms with E-state index in [-0.39, 0.29) is 5.91 Å². The van der Waals surface area contributed by atoms with Gasteiger partial charge in [0.1, 0.15) is 5.41 Å². The number of nitrogens with zero attached hydrogens (tertiary/aromatic N) is 3. The molecule has 1 amide bonds. The number of nitriles is 1. The molecule has 0 aliphatic heterocycles. The smallest absolute Gasteiger partial charge is 0.240 e. The first-order valence-corrected chi connectivity index (χ1v) is 5.50. The summed E-state index contributed by atoms with van der Waals surface area (Å²) in [7, 11) is 0. The van der Waals surface area contributed by atoms with Crippen LogP contribution < -0.4 is 5.32 Å². The lowest BCUT2D eigenvalue weighted by molar-refractivity contribution is -0.127. The van der Waals surface area contributed by atoms with Gasteiger partial charge in [0.25, 0.3) is 0 Å². The number of hydrogen-bond donors (Lipinski definition) is 1. The minimum atomic E-state index is -0.965. The van der Waals surface area contributed by atoms with Crippen LogP contribution in [0.1, 0.15) is 32.0 Å². The topological polar surface area (TPSA) is 91.8 Å². The monoisotopic (exact) mass is 236 g/mol. The third kappa shape index (κ3) is 3.28. The molecule has 1 heterocycles. The number of carbonyl (C=O) groups is 1. The predicted octanol–water partition coefficient (Wildman–Crippen LogP) is 0.977. The van der Waals surface area contributed by atoms with Crippen molar-refractivity contribution in [3.8, 4) is 6.07 Å². The summed E-state index contributed by atoms with van der Waals surface area (Å²) in [5.41, 5.74) is -0.965. The van der Waals surface area contributed by atoms with Gasteiger partial charge in [-0.1, -0.05) is 12.1 Å². The van der Waals surface area contributed by atoms with Crippen molar-refractivity contribution in [2.75, 3.05) is 6.54 Å². The predicted molar refractivity (Wildman–Crippen MR) is 59.8 cm³/mol. The Morgan fingerprint density at radius 1 is 1.65 bits per heavy atom. The van der Waals surface area contributed by atoms with Gasteiger partial charge in [0.2, 0.25) is 11.8 Å². The lowest BCUT2D eigenvalue weighted by Gasteiger charge is -2.17. The fraction of sp³-hybridized carbons (Fsp3) is 0.636. The molecule has 1 aromatic rings. The molecule has 0 radical (unpaired) electrons. The van der Waals surface area contributed by atoms with E-state index in [2.05, 4.69) is 15.5 Å². The molecule has 0 fully saturated rings. The van der Waals surface area contributed by atoms with Crippen molar-refractivity contribution in [1.82, 2.24) is 15.5 Å². The second-order valence-corrected chi connectivity index (χ2v) is 4.03. The van der Waals surface area contributed by atoms with E-state index in [9.17, 15) is 4.79 Å². The maximum atomic E-state index is 11.7. The number of carbonyl (C=O) groups excluding carboxylic acids is 1. The summed E-state index contributed by atoms with van der Waals surface area (Å²) in [6.45, 7) is 5.54. The van der Waals surface area contributed by atoms with Crippen LogP contribution in [0.2, 0.25) is 0 Å². The van der Waals surface area contributed by atoms with Gasteiger partial charge in [0.05, 0.1) is 6.07 Å². The van der Waals surface area contributed by atoms with Crippen molar-refractivity contribution in [1.29, 1.82) is 5.26 Å². The molecule has 1 rings (SSSR count). The molecule has 0 saturated carbocycles. The van der Waals surface area contributed by atoms with E-state index in [1.807, 2.05) is 13.0 Å². The highest BCUT2D eigenvalue weighted by Crippen LogP contribution is 2.19. The Kier molecular flexibility index (Phi) is 4.21. The number of aryl methyl sites for hydroxylation is 1. The summed E-state index contributed by atoms with van der Waals surface area (Å²) in [5, 5.41) is 15.3. The van der Waals surface area contributed by atoms with Crippen molar-refractivity contribution >= 4 is 5.91 Å². The first kappa shape index (κ1) is 13.2. The number of amides is 1. The molecule has 0 aromatic carbocycles. The zero-order valence-corrected chi connectivity index (χ0v) is 10.3. The first-order chi connectivity index (χ1) is 8.01. The summed E-state index contributed by atoms with van der Waals surface area (Å²) in [6.07, 6.45) is 0.977. The molecule has 0 aliphatic carbocycles. The normalized spacial score (nSPS) is 13.8. The third-order valence-electron chi connectivity index (χ3n) is 2.66. The quantitative estimate of drug-likeness (QED) is 0.822. The second-order valence-electron chi connectivity index (χ2n) is 4.03. The molecule has 17 heavy (non-hydrogen) atoms. The number of nitrogens with one attached hydrogen (secondary N) is 1. The molecule has 6 heteroatoms. The Hall–Kier alpha value is -1.90. The SMILES string of the molecule is CCC(C)(C#N)C(=O)NCCc1noc(C)n1. The van der Waals surface area contributed by atoms with E-state index in [1.165, 1.54) is 0 Å². The van der Waals surface area contributed by atoms with Gasteiger partial charge < -0.3 is 9.84 Å². The van der Waals surface area contributed by atoms with E-state index in [4.69, 9.17) is 9.78 Å². The van der Waals surface area contributed by atoms with Crippen LogP contribution >= 0.6 is 0 Å². The maximum absolute atomic E-state index is 11.7. The highest BCUT2D eigenvalue weighted by atomic mass is 16.5. The van der Waals surface area contributed by atoms with Gasteiger partial charge in [-0.15, -0.1) is 0 Å². The van der Waals surface area contributed by atoms with Gasteiger partial charge >= 0.3 is 0 Å². The molecular weight excluding hydrogens is 220 g/mol. The standard InChI is InChI=1S/C11H16N4O2/c1-4-11(3,7-12)10(16)13-6-5-9-14-8(2)17-15-9/h4-6H2,1-3H3,(H,13,16). The van der Waals surface area contributed by atoms with Crippen molar-refractivity contribution in [3.63, 3.8) is 0 Å². The van der Waals surface area contributed by atoms with Gasteiger partial charge in [-0.25, -0.2) is 0 Å². The Labute approximate surface area is 100 Å². The molecule has 0 saturated heterocycles. The summed E-state index contributed by atoms with van der Waals surface area (Å²) in [4.78, 5) is 15.7. The van der Waals surface area contributed by atoms with Gasteiger partial charge in [-0.2, -0.15) is 10.2 Å². The Balaban J connectivity index is 2.42. The van der Waals surface area contributed by atoms with Crippen LogP contribution in [0.25, 0.3) is 0 Å².